The summed E-state index contributed by atoms with van der Waals surface area (Å²) in [6.45, 7) is 1.90. The first kappa shape index (κ1) is 17.1. The van der Waals surface area contributed by atoms with Gasteiger partial charge in [0, 0.05) is 38.6 Å². The van der Waals surface area contributed by atoms with E-state index in [1.165, 1.54) is 4.90 Å². The Kier molecular flexibility index (Phi) is 6.26. The van der Waals surface area contributed by atoms with Crippen LogP contribution < -0.4 is 11.1 Å². The fraction of sp³-hybridized carbons (Fsp3) is 0.833. The van der Waals surface area contributed by atoms with Crippen molar-refractivity contribution in [3.8, 4) is 0 Å². The Hall–Kier alpha value is -1.99. The molecule has 0 saturated carbocycles. The maximum Gasteiger partial charge on any atom is 0.319 e. The van der Waals surface area contributed by atoms with Crippen molar-refractivity contribution in [2.45, 2.75) is 24.8 Å². The SMILES string of the molecule is CN(C)C(=O)N1CCC(NCCCN=[N+]=[N-])(C(N)=O)CC1. The first-order valence-corrected chi connectivity index (χ1v) is 6.95. The molecule has 1 rings (SSSR count). The van der Waals surface area contributed by atoms with Gasteiger partial charge in [-0.25, -0.2) is 4.79 Å². The number of piperidine rings is 1. The summed E-state index contributed by atoms with van der Waals surface area (Å²) in [5, 5.41) is 6.62. The normalized spacial score (nSPS) is 17.0. The zero-order chi connectivity index (χ0) is 15.9. The molecule has 0 bridgehead atoms. The van der Waals surface area contributed by atoms with Crippen LogP contribution in [0.15, 0.2) is 5.11 Å². The fourth-order valence-corrected chi connectivity index (χ4v) is 2.40. The van der Waals surface area contributed by atoms with Crippen LogP contribution in [0.1, 0.15) is 19.3 Å². The number of urea groups is 1. The predicted octanol–water partition coefficient (Wildman–Crippen LogP) is 0.278. The van der Waals surface area contributed by atoms with Gasteiger partial charge in [0.25, 0.3) is 0 Å². The third-order valence-corrected chi connectivity index (χ3v) is 3.70. The van der Waals surface area contributed by atoms with Crippen molar-refractivity contribution in [1.29, 1.82) is 0 Å². The van der Waals surface area contributed by atoms with Crippen LogP contribution in [0.4, 0.5) is 4.79 Å². The van der Waals surface area contributed by atoms with Gasteiger partial charge in [0.1, 0.15) is 5.54 Å². The first-order valence-electron chi connectivity index (χ1n) is 6.95. The number of carbonyl (C=O) groups is 2. The molecule has 1 aliphatic rings. The standard InChI is InChI=1S/C12H23N7O2/c1-18(2)11(21)19-8-4-12(5-9-19,10(13)20)15-6-3-7-16-17-14/h15H,3-9H2,1-2H3,(H2,13,20). The highest BCUT2D eigenvalue weighted by Gasteiger charge is 2.40. The molecular formula is C12H23N7O2. The molecule has 3 amide bonds. The molecule has 0 spiro atoms. The summed E-state index contributed by atoms with van der Waals surface area (Å²) < 4.78 is 0. The van der Waals surface area contributed by atoms with E-state index in [1.54, 1.807) is 19.0 Å². The number of rotatable bonds is 6. The molecule has 9 heteroatoms. The van der Waals surface area contributed by atoms with Crippen LogP contribution in [-0.4, -0.2) is 67.6 Å². The van der Waals surface area contributed by atoms with Crippen LogP contribution >= 0.6 is 0 Å². The number of nitrogens with one attached hydrogen (secondary N) is 1. The van der Waals surface area contributed by atoms with E-state index in [9.17, 15) is 9.59 Å². The maximum atomic E-state index is 11.9. The second-order valence-corrected chi connectivity index (χ2v) is 5.35. The van der Waals surface area contributed by atoms with Crippen molar-refractivity contribution in [1.82, 2.24) is 15.1 Å². The molecule has 0 radical (unpaired) electrons. The molecule has 0 aromatic carbocycles. The number of nitrogens with two attached hydrogens (primary N) is 1. The molecule has 1 heterocycles. The molecule has 1 fully saturated rings. The molecule has 21 heavy (non-hydrogen) atoms. The fourth-order valence-electron chi connectivity index (χ4n) is 2.40. The monoisotopic (exact) mass is 297 g/mol. The lowest BCUT2D eigenvalue weighted by Crippen LogP contribution is -2.62. The van der Waals surface area contributed by atoms with E-state index < -0.39 is 11.4 Å². The topological polar surface area (TPSA) is 127 Å². The van der Waals surface area contributed by atoms with Gasteiger partial charge < -0.3 is 20.9 Å². The molecule has 0 unspecified atom stereocenters. The molecule has 0 aromatic heterocycles. The average molecular weight is 297 g/mol. The second kappa shape index (κ2) is 7.70. The lowest BCUT2D eigenvalue weighted by atomic mass is 9.86. The van der Waals surface area contributed by atoms with E-state index >= 15 is 0 Å². The van der Waals surface area contributed by atoms with Gasteiger partial charge in [0.05, 0.1) is 0 Å². The molecule has 0 aliphatic carbocycles. The van der Waals surface area contributed by atoms with Crippen molar-refractivity contribution in [2.75, 3.05) is 40.3 Å². The highest BCUT2D eigenvalue weighted by molar-refractivity contribution is 5.85. The number of likely N-dealkylation sites (tertiary alicyclic amines) is 1. The Balaban J connectivity index is 2.54. The molecule has 0 aromatic rings. The molecule has 1 saturated heterocycles. The van der Waals surface area contributed by atoms with Crippen LogP contribution in [0.25, 0.3) is 10.4 Å². The Morgan fingerprint density at radius 2 is 2.05 bits per heavy atom. The number of hydrogen-bond donors (Lipinski definition) is 2. The summed E-state index contributed by atoms with van der Waals surface area (Å²) in [4.78, 5) is 29.6. The van der Waals surface area contributed by atoms with Crippen molar-refractivity contribution in [2.24, 2.45) is 10.8 Å². The van der Waals surface area contributed by atoms with E-state index in [0.29, 0.717) is 45.4 Å². The van der Waals surface area contributed by atoms with Gasteiger partial charge in [-0.3, -0.25) is 4.79 Å². The zero-order valence-corrected chi connectivity index (χ0v) is 12.6. The number of nitrogens with zero attached hydrogens (tertiary/aromatic N) is 5. The van der Waals surface area contributed by atoms with Gasteiger partial charge in [-0.2, -0.15) is 0 Å². The quantitative estimate of drug-likeness (QED) is 0.316. The second-order valence-electron chi connectivity index (χ2n) is 5.35. The predicted molar refractivity (Wildman–Crippen MR) is 78.4 cm³/mol. The van der Waals surface area contributed by atoms with Gasteiger partial charge in [0.15, 0.2) is 0 Å². The number of azide groups is 1. The highest BCUT2D eigenvalue weighted by atomic mass is 16.2. The average Bonchev–Trinajstić information content (AvgIpc) is 2.46. The van der Waals surface area contributed by atoms with E-state index in [4.69, 9.17) is 11.3 Å². The molecule has 1 aliphatic heterocycles. The highest BCUT2D eigenvalue weighted by Crippen LogP contribution is 2.22. The van der Waals surface area contributed by atoms with Crippen LogP contribution in [0.2, 0.25) is 0 Å². The van der Waals surface area contributed by atoms with Crippen LogP contribution in [0.3, 0.4) is 0 Å². The lowest BCUT2D eigenvalue weighted by Gasteiger charge is -2.41. The van der Waals surface area contributed by atoms with E-state index in [-0.39, 0.29) is 6.03 Å². The molecule has 3 N–H and O–H groups in total. The van der Waals surface area contributed by atoms with E-state index in [0.717, 1.165) is 0 Å². The molecule has 0 atom stereocenters. The third-order valence-electron chi connectivity index (χ3n) is 3.70. The minimum Gasteiger partial charge on any atom is -0.368 e. The van der Waals surface area contributed by atoms with Crippen LogP contribution in [0.5, 0.6) is 0 Å². The van der Waals surface area contributed by atoms with Crippen molar-refractivity contribution < 1.29 is 9.59 Å². The summed E-state index contributed by atoms with van der Waals surface area (Å²) in [7, 11) is 3.40. The first-order chi connectivity index (χ1) is 9.93. The molecule has 118 valence electrons. The largest absolute Gasteiger partial charge is 0.368 e. The smallest absolute Gasteiger partial charge is 0.319 e. The van der Waals surface area contributed by atoms with Gasteiger partial charge in [0.2, 0.25) is 5.91 Å². The van der Waals surface area contributed by atoms with E-state index in [1.807, 2.05) is 0 Å². The Bertz CT molecular complexity index is 423. The lowest BCUT2D eigenvalue weighted by molar-refractivity contribution is -0.126. The summed E-state index contributed by atoms with van der Waals surface area (Å²) >= 11 is 0. The minimum absolute atomic E-state index is 0.0589. The number of hydrogen-bond acceptors (Lipinski definition) is 4. The number of amides is 3. The maximum absolute atomic E-state index is 11.9. The van der Waals surface area contributed by atoms with Crippen molar-refractivity contribution in [3.63, 3.8) is 0 Å². The Morgan fingerprint density at radius 3 is 2.52 bits per heavy atom. The molecule has 9 nitrogen and oxygen atoms in total. The van der Waals surface area contributed by atoms with Gasteiger partial charge >= 0.3 is 6.03 Å². The summed E-state index contributed by atoms with van der Waals surface area (Å²) in [6, 6.07) is -0.0589. The van der Waals surface area contributed by atoms with Crippen molar-refractivity contribution in [3.05, 3.63) is 10.4 Å². The summed E-state index contributed by atoms with van der Waals surface area (Å²) in [5.41, 5.74) is 13.0. The Labute approximate surface area is 124 Å². The third kappa shape index (κ3) is 4.51. The van der Waals surface area contributed by atoms with Crippen molar-refractivity contribution >= 4 is 11.9 Å². The van der Waals surface area contributed by atoms with Crippen LogP contribution in [-0.2, 0) is 4.79 Å². The van der Waals surface area contributed by atoms with Gasteiger partial charge in [-0.15, -0.1) is 0 Å². The summed E-state index contributed by atoms with van der Waals surface area (Å²) in [5.74, 6) is -0.400. The Morgan fingerprint density at radius 1 is 1.43 bits per heavy atom. The number of carbonyl (C=O) groups excluding carboxylic acids is 2. The van der Waals surface area contributed by atoms with Gasteiger partial charge in [-0.1, -0.05) is 5.11 Å². The van der Waals surface area contributed by atoms with Gasteiger partial charge in [-0.05, 0) is 31.3 Å². The number of primary amides is 1. The zero-order valence-electron chi connectivity index (χ0n) is 12.6. The summed E-state index contributed by atoms with van der Waals surface area (Å²) in [6.07, 6.45) is 1.62. The minimum atomic E-state index is -0.778. The van der Waals surface area contributed by atoms with E-state index in [2.05, 4.69) is 15.3 Å². The van der Waals surface area contributed by atoms with Crippen LogP contribution in [0, 0.1) is 0 Å². The molecular weight excluding hydrogens is 274 g/mol.